The Kier molecular flexibility index (Phi) is 8.94. The second kappa shape index (κ2) is 9.85. The summed E-state index contributed by atoms with van der Waals surface area (Å²) in [5.41, 5.74) is -1.77. The molecular formula is C16H29N3O6. The number of nitrogens with one attached hydrogen (secondary N) is 3. The van der Waals surface area contributed by atoms with Gasteiger partial charge in [0.05, 0.1) is 13.5 Å². The highest BCUT2D eigenvalue weighted by atomic mass is 16.6. The predicted molar refractivity (Wildman–Crippen MR) is 90.7 cm³/mol. The molecule has 0 atom stereocenters. The van der Waals surface area contributed by atoms with E-state index < -0.39 is 35.0 Å². The second-order valence-corrected chi connectivity index (χ2v) is 6.93. The minimum absolute atomic E-state index is 0.00187. The first kappa shape index (κ1) is 22.7. The number of carbonyl (C=O) groups is 4. The Morgan fingerprint density at radius 3 is 1.96 bits per heavy atom. The monoisotopic (exact) mass is 359 g/mol. The van der Waals surface area contributed by atoms with Gasteiger partial charge in [-0.25, -0.2) is 4.79 Å². The van der Waals surface area contributed by atoms with Crippen LogP contribution < -0.4 is 16.0 Å². The van der Waals surface area contributed by atoms with Crippen molar-refractivity contribution < 1.29 is 28.7 Å². The van der Waals surface area contributed by atoms with Gasteiger partial charge in [0.15, 0.2) is 0 Å². The molecule has 0 unspecified atom stereocenters. The summed E-state index contributed by atoms with van der Waals surface area (Å²) in [5, 5.41) is 7.58. The molecule has 0 aromatic heterocycles. The van der Waals surface area contributed by atoms with Gasteiger partial charge in [0.25, 0.3) is 0 Å². The maximum atomic E-state index is 12.0. The van der Waals surface area contributed by atoms with E-state index in [4.69, 9.17) is 4.74 Å². The molecule has 0 aromatic rings. The van der Waals surface area contributed by atoms with Gasteiger partial charge in [0.1, 0.15) is 11.1 Å². The lowest BCUT2D eigenvalue weighted by Gasteiger charge is -2.25. The summed E-state index contributed by atoms with van der Waals surface area (Å²) < 4.78 is 9.52. The molecule has 25 heavy (non-hydrogen) atoms. The highest BCUT2D eigenvalue weighted by Gasteiger charge is 2.29. The summed E-state index contributed by atoms with van der Waals surface area (Å²) in [6.07, 6.45) is -0.565. The largest absolute Gasteiger partial charge is 0.469 e. The highest BCUT2D eigenvalue weighted by Crippen LogP contribution is 2.06. The predicted octanol–water partition coefficient (Wildman–Crippen LogP) is 0.475. The van der Waals surface area contributed by atoms with Crippen molar-refractivity contribution in [3.05, 3.63) is 0 Å². The van der Waals surface area contributed by atoms with Crippen LogP contribution in [-0.2, 0) is 23.9 Å². The molecule has 0 rings (SSSR count). The number of carbonyl (C=O) groups excluding carboxylic acids is 4. The third-order valence-electron chi connectivity index (χ3n) is 2.88. The Bertz CT molecular complexity index is 497. The van der Waals surface area contributed by atoms with Crippen molar-refractivity contribution >= 4 is 23.9 Å². The van der Waals surface area contributed by atoms with Gasteiger partial charge in [0.2, 0.25) is 11.8 Å². The molecule has 0 aliphatic rings. The average Bonchev–Trinajstić information content (AvgIpc) is 2.44. The molecule has 9 nitrogen and oxygen atoms in total. The van der Waals surface area contributed by atoms with Gasteiger partial charge in [-0.1, -0.05) is 0 Å². The molecule has 144 valence electrons. The SMILES string of the molecule is COC(=O)CCNC(=O)C(C)(C)NC(=O)CCNC(=O)OC(C)(C)C. The molecule has 3 amide bonds. The Balaban J connectivity index is 4.19. The van der Waals surface area contributed by atoms with Crippen LogP contribution in [0.25, 0.3) is 0 Å². The van der Waals surface area contributed by atoms with Crippen molar-refractivity contribution in [3.63, 3.8) is 0 Å². The zero-order valence-electron chi connectivity index (χ0n) is 15.8. The Morgan fingerprint density at radius 1 is 0.880 bits per heavy atom. The molecule has 0 radical (unpaired) electrons. The normalized spacial score (nSPS) is 11.3. The summed E-state index contributed by atoms with van der Waals surface area (Å²) in [6.45, 7) is 8.49. The van der Waals surface area contributed by atoms with Crippen molar-refractivity contribution in [2.75, 3.05) is 20.2 Å². The van der Waals surface area contributed by atoms with Crippen LogP contribution in [0.1, 0.15) is 47.5 Å². The summed E-state index contributed by atoms with van der Waals surface area (Å²) in [5.74, 6) is -1.26. The zero-order valence-corrected chi connectivity index (χ0v) is 15.8. The number of rotatable bonds is 8. The topological polar surface area (TPSA) is 123 Å². The molecule has 0 saturated heterocycles. The maximum Gasteiger partial charge on any atom is 0.407 e. The molecular weight excluding hydrogens is 330 g/mol. The molecule has 0 fully saturated rings. The van der Waals surface area contributed by atoms with Gasteiger partial charge >= 0.3 is 12.1 Å². The van der Waals surface area contributed by atoms with Crippen molar-refractivity contribution in [2.45, 2.75) is 58.6 Å². The number of esters is 1. The average molecular weight is 359 g/mol. The van der Waals surface area contributed by atoms with Crippen molar-refractivity contribution in [1.29, 1.82) is 0 Å². The van der Waals surface area contributed by atoms with Crippen LogP contribution in [0, 0.1) is 0 Å². The fourth-order valence-electron chi connectivity index (χ4n) is 1.66. The minimum Gasteiger partial charge on any atom is -0.469 e. The third kappa shape index (κ3) is 11.0. The van der Waals surface area contributed by atoms with Crippen molar-refractivity contribution in [1.82, 2.24) is 16.0 Å². The summed E-state index contributed by atoms with van der Waals surface area (Å²) in [6, 6.07) is 0. The van der Waals surface area contributed by atoms with E-state index in [0.717, 1.165) is 0 Å². The van der Waals surface area contributed by atoms with Crippen LogP contribution in [-0.4, -0.2) is 55.2 Å². The molecule has 0 aliphatic carbocycles. The van der Waals surface area contributed by atoms with E-state index >= 15 is 0 Å². The van der Waals surface area contributed by atoms with Crippen LogP contribution in [0.2, 0.25) is 0 Å². The summed E-state index contributed by atoms with van der Waals surface area (Å²) >= 11 is 0. The number of alkyl carbamates (subject to hydrolysis) is 1. The van der Waals surface area contributed by atoms with E-state index in [-0.39, 0.29) is 25.9 Å². The van der Waals surface area contributed by atoms with E-state index in [0.29, 0.717) is 0 Å². The van der Waals surface area contributed by atoms with Gasteiger partial charge in [0, 0.05) is 19.5 Å². The van der Waals surface area contributed by atoms with E-state index in [9.17, 15) is 19.2 Å². The molecule has 3 N–H and O–H groups in total. The van der Waals surface area contributed by atoms with Crippen molar-refractivity contribution in [3.8, 4) is 0 Å². The van der Waals surface area contributed by atoms with Crippen LogP contribution >= 0.6 is 0 Å². The molecule has 0 aliphatic heterocycles. The van der Waals surface area contributed by atoms with E-state index in [2.05, 4.69) is 20.7 Å². The van der Waals surface area contributed by atoms with Gasteiger partial charge in [-0.3, -0.25) is 14.4 Å². The lowest BCUT2D eigenvalue weighted by Crippen LogP contribution is -2.55. The number of ether oxygens (including phenoxy) is 2. The van der Waals surface area contributed by atoms with Crippen LogP contribution in [0.4, 0.5) is 4.79 Å². The Morgan fingerprint density at radius 2 is 1.44 bits per heavy atom. The standard InChI is InChI=1S/C16H29N3O6/c1-15(2,3)25-14(23)18-9-7-11(20)19-16(4,5)13(22)17-10-8-12(21)24-6/h7-10H2,1-6H3,(H,17,22)(H,18,23)(H,19,20). The van der Waals surface area contributed by atoms with Crippen LogP contribution in [0.5, 0.6) is 0 Å². The molecule has 0 bridgehead atoms. The zero-order chi connectivity index (χ0) is 19.7. The van der Waals surface area contributed by atoms with Crippen LogP contribution in [0.15, 0.2) is 0 Å². The van der Waals surface area contributed by atoms with Gasteiger partial charge in [-0.05, 0) is 34.6 Å². The molecule has 0 heterocycles. The van der Waals surface area contributed by atoms with Gasteiger partial charge in [-0.15, -0.1) is 0 Å². The third-order valence-corrected chi connectivity index (χ3v) is 2.88. The molecule has 9 heteroatoms. The number of hydrogen-bond donors (Lipinski definition) is 3. The smallest absolute Gasteiger partial charge is 0.407 e. The van der Waals surface area contributed by atoms with Crippen molar-refractivity contribution in [2.24, 2.45) is 0 Å². The number of methoxy groups -OCH3 is 1. The summed E-state index contributed by atoms with van der Waals surface area (Å²) in [4.78, 5) is 46.4. The number of hydrogen-bond acceptors (Lipinski definition) is 6. The van der Waals surface area contributed by atoms with Gasteiger partial charge in [-0.2, -0.15) is 0 Å². The lowest BCUT2D eigenvalue weighted by molar-refractivity contribution is -0.140. The molecule has 0 saturated carbocycles. The first-order valence-electron chi connectivity index (χ1n) is 8.00. The lowest BCUT2D eigenvalue weighted by atomic mass is 10.0. The highest BCUT2D eigenvalue weighted by molar-refractivity contribution is 5.91. The Hall–Kier alpha value is -2.32. The first-order valence-corrected chi connectivity index (χ1v) is 8.00. The fourth-order valence-corrected chi connectivity index (χ4v) is 1.66. The van der Waals surface area contributed by atoms with E-state index in [1.54, 1.807) is 34.6 Å². The van der Waals surface area contributed by atoms with Gasteiger partial charge < -0.3 is 25.4 Å². The molecule has 0 aromatic carbocycles. The second-order valence-electron chi connectivity index (χ2n) is 6.93. The minimum atomic E-state index is -1.15. The van der Waals surface area contributed by atoms with Crippen LogP contribution in [0.3, 0.4) is 0 Å². The first-order chi connectivity index (χ1) is 11.4. The van der Waals surface area contributed by atoms with E-state index in [1.165, 1.54) is 7.11 Å². The fraction of sp³-hybridized carbons (Fsp3) is 0.750. The van der Waals surface area contributed by atoms with E-state index in [1.807, 2.05) is 0 Å². The quantitative estimate of drug-likeness (QED) is 0.542. The number of amides is 3. The molecule has 0 spiro atoms. The Labute approximate surface area is 148 Å². The maximum absolute atomic E-state index is 12.0. The summed E-state index contributed by atoms with van der Waals surface area (Å²) in [7, 11) is 1.26.